The summed E-state index contributed by atoms with van der Waals surface area (Å²) >= 11 is 0. The number of rotatable bonds is 5. The first kappa shape index (κ1) is 28.0. The lowest BCUT2D eigenvalue weighted by atomic mass is 10.1. The van der Waals surface area contributed by atoms with Crippen LogP contribution in [0.25, 0.3) is 0 Å². The number of carbonyl (C=O) groups is 3. The van der Waals surface area contributed by atoms with E-state index in [4.69, 9.17) is 4.74 Å². The Labute approximate surface area is 236 Å². The molecular weight excluding hydrogens is 532 g/mol. The molecule has 0 aromatic heterocycles. The Morgan fingerprint density at radius 2 is 1.44 bits per heavy atom. The topological polar surface area (TPSA) is 94.2 Å². The summed E-state index contributed by atoms with van der Waals surface area (Å²) in [5, 5.41) is 5.34. The number of anilines is 3. The zero-order valence-corrected chi connectivity index (χ0v) is 22.4. The van der Waals surface area contributed by atoms with Crippen LogP contribution in [0, 0.1) is 11.6 Å². The number of urea groups is 1. The number of morpholine rings is 1. The molecule has 2 aliphatic heterocycles. The fraction of sp³-hybridized carbons (Fsp3) is 0.300. The summed E-state index contributed by atoms with van der Waals surface area (Å²) in [4.78, 5) is 44.7. The van der Waals surface area contributed by atoms with Crippen molar-refractivity contribution in [1.29, 1.82) is 0 Å². The number of benzene rings is 3. The molecule has 0 unspecified atom stereocenters. The Kier molecular flexibility index (Phi) is 8.73. The number of para-hydroxylation sites is 1. The molecule has 0 saturated carbocycles. The molecule has 2 N–H and O–H groups in total. The summed E-state index contributed by atoms with van der Waals surface area (Å²) in [6.45, 7) is 3.57. The zero-order valence-electron chi connectivity index (χ0n) is 22.4. The highest BCUT2D eigenvalue weighted by atomic mass is 19.1. The molecule has 41 heavy (non-hydrogen) atoms. The normalized spacial score (nSPS) is 15.7. The minimum atomic E-state index is -0.639. The van der Waals surface area contributed by atoms with Gasteiger partial charge in [-0.15, -0.1) is 0 Å². The predicted octanol–water partition coefficient (Wildman–Crippen LogP) is 4.43. The van der Waals surface area contributed by atoms with Crippen LogP contribution in [0.3, 0.4) is 0 Å². The van der Waals surface area contributed by atoms with Crippen molar-refractivity contribution in [2.24, 2.45) is 0 Å². The second-order valence-electron chi connectivity index (χ2n) is 9.81. The second-order valence-corrected chi connectivity index (χ2v) is 9.81. The number of ether oxygens (including phenoxy) is 1. The Morgan fingerprint density at radius 1 is 0.707 bits per heavy atom. The van der Waals surface area contributed by atoms with Gasteiger partial charge in [-0.05, 0) is 48.9 Å². The largest absolute Gasteiger partial charge is 0.378 e. The van der Waals surface area contributed by atoms with Crippen molar-refractivity contribution >= 4 is 34.9 Å². The molecule has 0 atom stereocenters. The van der Waals surface area contributed by atoms with Crippen molar-refractivity contribution in [1.82, 2.24) is 9.80 Å². The van der Waals surface area contributed by atoms with Crippen LogP contribution in [0.4, 0.5) is 30.6 Å². The van der Waals surface area contributed by atoms with E-state index in [0.717, 1.165) is 0 Å². The van der Waals surface area contributed by atoms with E-state index in [1.165, 1.54) is 30.3 Å². The number of hydrogen-bond donors (Lipinski definition) is 2. The zero-order chi connectivity index (χ0) is 28.8. The fourth-order valence-electron chi connectivity index (χ4n) is 4.96. The van der Waals surface area contributed by atoms with Crippen LogP contribution < -0.4 is 15.5 Å². The van der Waals surface area contributed by atoms with E-state index in [-0.39, 0.29) is 17.2 Å². The molecule has 3 aromatic rings. The molecular formula is C30H31F2N5O4. The highest BCUT2D eigenvalue weighted by Crippen LogP contribution is 2.28. The lowest BCUT2D eigenvalue weighted by molar-refractivity contribution is 0.0303. The molecule has 214 valence electrons. The highest BCUT2D eigenvalue weighted by molar-refractivity contribution is 6.06. The first-order valence-electron chi connectivity index (χ1n) is 13.5. The minimum absolute atomic E-state index is 0.0982. The maximum atomic E-state index is 14.2. The fourth-order valence-corrected chi connectivity index (χ4v) is 4.96. The van der Waals surface area contributed by atoms with Crippen LogP contribution >= 0.6 is 0 Å². The Morgan fingerprint density at radius 3 is 2.20 bits per heavy atom. The number of hydrogen-bond acceptors (Lipinski definition) is 5. The third kappa shape index (κ3) is 6.63. The molecule has 0 radical (unpaired) electrons. The molecule has 11 heteroatoms. The molecule has 0 bridgehead atoms. The Balaban J connectivity index is 1.36. The lowest BCUT2D eigenvalue weighted by Gasteiger charge is -2.30. The highest BCUT2D eigenvalue weighted by Gasteiger charge is 2.27. The summed E-state index contributed by atoms with van der Waals surface area (Å²) in [6.07, 6.45) is 0.627. The van der Waals surface area contributed by atoms with Crippen LogP contribution in [0.2, 0.25) is 0 Å². The van der Waals surface area contributed by atoms with E-state index in [0.29, 0.717) is 75.8 Å². The van der Waals surface area contributed by atoms with Gasteiger partial charge in [-0.1, -0.05) is 24.3 Å². The molecule has 9 nitrogen and oxygen atoms in total. The van der Waals surface area contributed by atoms with Gasteiger partial charge in [-0.2, -0.15) is 0 Å². The number of carbonyl (C=O) groups excluding carboxylic acids is 3. The average molecular weight is 564 g/mol. The molecule has 2 fully saturated rings. The quantitative estimate of drug-likeness (QED) is 0.479. The standard InChI is InChI=1S/C30H31F2N5O4/c31-24-7-2-1-6-22(24)28(38)33-21-10-11-27(23(20-21)29(39)36-16-18-41-19-17-36)35-12-5-13-37(15-14-35)30(40)34-26-9-4-3-8-25(26)32/h1-4,6-11,20H,5,12-19H2,(H,33,38)(H,34,40). The maximum absolute atomic E-state index is 14.2. The van der Waals surface area contributed by atoms with Gasteiger partial charge in [-0.3, -0.25) is 9.59 Å². The van der Waals surface area contributed by atoms with Crippen molar-refractivity contribution in [2.75, 3.05) is 68.0 Å². The first-order chi connectivity index (χ1) is 19.9. The number of amides is 4. The third-order valence-electron chi connectivity index (χ3n) is 7.14. The molecule has 3 aromatic carbocycles. The molecule has 0 aliphatic carbocycles. The van der Waals surface area contributed by atoms with Crippen LogP contribution in [0.15, 0.2) is 66.7 Å². The SMILES string of the molecule is O=C(Nc1ccc(N2CCCN(C(=O)Nc3ccccc3F)CC2)c(C(=O)N2CCOCC2)c1)c1ccccc1F. The molecule has 5 rings (SSSR count). The van der Waals surface area contributed by atoms with Crippen molar-refractivity contribution in [3.63, 3.8) is 0 Å². The van der Waals surface area contributed by atoms with Gasteiger partial charge in [0.15, 0.2) is 0 Å². The van der Waals surface area contributed by atoms with Crippen LogP contribution in [0.1, 0.15) is 27.1 Å². The van der Waals surface area contributed by atoms with Gasteiger partial charge in [0.05, 0.1) is 30.0 Å². The van der Waals surface area contributed by atoms with Crippen LogP contribution in [-0.2, 0) is 4.74 Å². The van der Waals surface area contributed by atoms with Gasteiger partial charge in [0, 0.05) is 50.6 Å². The van der Waals surface area contributed by atoms with Crippen molar-refractivity contribution in [3.05, 3.63) is 89.5 Å². The summed E-state index contributed by atoms with van der Waals surface area (Å²) < 4.78 is 33.6. The molecule has 0 spiro atoms. The predicted molar refractivity (Wildman–Crippen MR) is 151 cm³/mol. The number of halogens is 2. The molecule has 2 saturated heterocycles. The second kappa shape index (κ2) is 12.8. The summed E-state index contributed by atoms with van der Waals surface area (Å²) in [5.41, 5.74) is 1.44. The number of nitrogens with zero attached hydrogens (tertiary/aromatic N) is 3. The summed E-state index contributed by atoms with van der Waals surface area (Å²) in [6, 6.07) is 16.3. The van der Waals surface area contributed by atoms with Gasteiger partial charge in [0.25, 0.3) is 11.8 Å². The Hall–Kier alpha value is -4.51. The van der Waals surface area contributed by atoms with Gasteiger partial charge in [0.2, 0.25) is 0 Å². The molecule has 2 aliphatic rings. The monoisotopic (exact) mass is 563 g/mol. The van der Waals surface area contributed by atoms with E-state index in [1.807, 2.05) is 4.90 Å². The van der Waals surface area contributed by atoms with E-state index in [2.05, 4.69) is 10.6 Å². The summed E-state index contributed by atoms with van der Waals surface area (Å²) in [7, 11) is 0. The van der Waals surface area contributed by atoms with Gasteiger partial charge >= 0.3 is 6.03 Å². The van der Waals surface area contributed by atoms with Gasteiger partial charge in [-0.25, -0.2) is 13.6 Å². The van der Waals surface area contributed by atoms with Gasteiger partial charge < -0.3 is 30.1 Å². The van der Waals surface area contributed by atoms with Crippen LogP contribution in [-0.4, -0.2) is 80.1 Å². The molecule has 2 heterocycles. The average Bonchev–Trinajstić information content (AvgIpc) is 3.25. The van der Waals surface area contributed by atoms with E-state index in [9.17, 15) is 23.2 Å². The van der Waals surface area contributed by atoms with Crippen LogP contribution in [0.5, 0.6) is 0 Å². The van der Waals surface area contributed by atoms with Crippen molar-refractivity contribution in [3.8, 4) is 0 Å². The smallest absolute Gasteiger partial charge is 0.321 e. The van der Waals surface area contributed by atoms with Crippen molar-refractivity contribution in [2.45, 2.75) is 6.42 Å². The van der Waals surface area contributed by atoms with Gasteiger partial charge in [0.1, 0.15) is 11.6 Å². The molecule has 4 amide bonds. The first-order valence-corrected chi connectivity index (χ1v) is 13.5. The number of nitrogens with one attached hydrogen (secondary N) is 2. The lowest BCUT2D eigenvalue weighted by Crippen LogP contribution is -2.42. The Bertz CT molecular complexity index is 1430. The van der Waals surface area contributed by atoms with E-state index in [1.54, 1.807) is 46.2 Å². The van der Waals surface area contributed by atoms with E-state index >= 15 is 0 Å². The summed E-state index contributed by atoms with van der Waals surface area (Å²) in [5.74, 6) is -1.97. The maximum Gasteiger partial charge on any atom is 0.321 e. The van der Waals surface area contributed by atoms with E-state index < -0.39 is 23.6 Å². The third-order valence-corrected chi connectivity index (χ3v) is 7.14. The van der Waals surface area contributed by atoms with Crippen molar-refractivity contribution < 1.29 is 27.9 Å². The minimum Gasteiger partial charge on any atom is -0.378 e.